The number of carbonyl (C=O) groups excluding carboxylic acids is 2. The molecule has 250 valence electrons. The molecule has 5 rings (SSSR count). The molecule has 4 aromatic rings. The minimum atomic E-state index is -0.879. The highest BCUT2D eigenvalue weighted by Gasteiger charge is 2.36. The normalized spacial score (nSPS) is 14.1. The summed E-state index contributed by atoms with van der Waals surface area (Å²) in [5.41, 5.74) is 2.23. The number of benzene rings is 3. The van der Waals surface area contributed by atoms with Crippen LogP contribution >= 0.6 is 11.3 Å². The van der Waals surface area contributed by atoms with Gasteiger partial charge < -0.3 is 29.0 Å². The molecule has 0 unspecified atom stereocenters. The molecular weight excluding hydrogens is 634 g/mol. The van der Waals surface area contributed by atoms with Crippen molar-refractivity contribution < 1.29 is 33.3 Å². The third-order valence-corrected chi connectivity index (χ3v) is 8.29. The van der Waals surface area contributed by atoms with Gasteiger partial charge in [-0.1, -0.05) is 47.7 Å². The molecule has 1 aromatic heterocycles. The van der Waals surface area contributed by atoms with Crippen LogP contribution in [0.1, 0.15) is 44.9 Å². The van der Waals surface area contributed by atoms with Crippen LogP contribution in [0.2, 0.25) is 0 Å². The van der Waals surface area contributed by atoms with Crippen LogP contribution in [0.5, 0.6) is 23.0 Å². The van der Waals surface area contributed by atoms with Gasteiger partial charge in [0.15, 0.2) is 34.4 Å². The van der Waals surface area contributed by atoms with E-state index in [2.05, 4.69) is 10.3 Å². The third-order valence-electron chi connectivity index (χ3n) is 7.31. The molecule has 1 aliphatic rings. The largest absolute Gasteiger partial charge is 0.493 e. The second-order valence-corrected chi connectivity index (χ2v) is 11.5. The number of anilines is 1. The second kappa shape index (κ2) is 15.5. The molecule has 1 amide bonds. The highest BCUT2D eigenvalue weighted by Crippen LogP contribution is 2.40. The van der Waals surface area contributed by atoms with Gasteiger partial charge in [-0.25, -0.2) is 9.79 Å². The van der Waals surface area contributed by atoms with E-state index in [-0.39, 0.29) is 30.3 Å². The van der Waals surface area contributed by atoms with Crippen LogP contribution in [-0.2, 0) is 14.3 Å². The highest BCUT2D eigenvalue weighted by atomic mass is 32.1. The quantitative estimate of drug-likeness (QED) is 0.204. The molecular formula is C36H37N3O8S. The predicted octanol–water partition coefficient (Wildman–Crippen LogP) is 4.62. The van der Waals surface area contributed by atoms with Gasteiger partial charge in [0, 0.05) is 11.3 Å². The van der Waals surface area contributed by atoms with Crippen molar-refractivity contribution in [1.29, 1.82) is 0 Å². The average molecular weight is 672 g/mol. The molecule has 11 nitrogen and oxygen atoms in total. The summed E-state index contributed by atoms with van der Waals surface area (Å²) in [5, 5.41) is 2.79. The van der Waals surface area contributed by atoms with Crippen molar-refractivity contribution in [2.24, 2.45) is 4.99 Å². The van der Waals surface area contributed by atoms with Gasteiger partial charge in [0.1, 0.15) is 6.04 Å². The fourth-order valence-corrected chi connectivity index (χ4v) is 6.36. The van der Waals surface area contributed by atoms with Gasteiger partial charge in [0.25, 0.3) is 11.5 Å². The van der Waals surface area contributed by atoms with Crippen molar-refractivity contribution in [3.05, 3.63) is 109 Å². The molecule has 1 atom stereocenters. The molecule has 0 spiro atoms. The zero-order chi connectivity index (χ0) is 34.2. The van der Waals surface area contributed by atoms with E-state index in [9.17, 15) is 14.4 Å². The Kier molecular flexibility index (Phi) is 11.0. The van der Waals surface area contributed by atoms with E-state index in [4.69, 9.17) is 23.7 Å². The summed E-state index contributed by atoms with van der Waals surface area (Å²) in [6.45, 7) is 7.77. The lowest BCUT2D eigenvalue weighted by Crippen LogP contribution is -2.40. The van der Waals surface area contributed by atoms with E-state index in [0.717, 1.165) is 0 Å². The number of nitrogens with zero attached hydrogens (tertiary/aromatic N) is 2. The van der Waals surface area contributed by atoms with E-state index >= 15 is 0 Å². The minimum absolute atomic E-state index is 0.156. The van der Waals surface area contributed by atoms with Gasteiger partial charge in [0.2, 0.25) is 0 Å². The summed E-state index contributed by atoms with van der Waals surface area (Å²) in [6, 6.07) is 18.8. The Morgan fingerprint density at radius 3 is 2.40 bits per heavy atom. The standard InChI is InChI=1S/C36H37N3O8S/c1-6-44-28-19-23(17-18-26(28)47-21-30(40)38-24-13-10-9-11-14-24)20-29-34(41)39-32(25-15-12-16-27(43-5)33(25)45-7-2)31(35(42)46-8-3)22(4)37-36(39)48-29/h9-20,32H,6-8,21H2,1-5H3,(H,38,40)/b29-20+/t32-/m1/s1. The number of nitrogens with one attached hydrogen (secondary N) is 1. The van der Waals surface area contributed by atoms with Crippen LogP contribution in [-0.4, -0.2) is 50.0 Å². The Labute approximate surface area is 281 Å². The monoisotopic (exact) mass is 671 g/mol. The summed E-state index contributed by atoms with van der Waals surface area (Å²) < 4.78 is 30.5. The molecule has 1 N–H and O–H groups in total. The smallest absolute Gasteiger partial charge is 0.338 e. The Balaban J connectivity index is 1.54. The zero-order valence-electron chi connectivity index (χ0n) is 27.4. The van der Waals surface area contributed by atoms with E-state index in [0.29, 0.717) is 68.1 Å². The number of rotatable bonds is 13. The molecule has 0 bridgehead atoms. The molecule has 2 heterocycles. The van der Waals surface area contributed by atoms with E-state index < -0.39 is 12.0 Å². The van der Waals surface area contributed by atoms with Crippen molar-refractivity contribution in [2.75, 3.05) is 38.9 Å². The molecule has 0 saturated carbocycles. The first-order valence-corrected chi connectivity index (χ1v) is 16.3. The number of amides is 1. The van der Waals surface area contributed by atoms with Crippen molar-refractivity contribution in [2.45, 2.75) is 33.7 Å². The molecule has 3 aromatic carbocycles. The number of thiazole rings is 1. The van der Waals surface area contributed by atoms with Crippen LogP contribution in [0.15, 0.2) is 87.8 Å². The van der Waals surface area contributed by atoms with Crippen LogP contribution < -0.4 is 39.2 Å². The van der Waals surface area contributed by atoms with Gasteiger partial charge in [-0.15, -0.1) is 0 Å². The number of fused-ring (bicyclic) bond motifs is 1. The lowest BCUT2D eigenvalue weighted by molar-refractivity contribution is -0.139. The first-order chi connectivity index (χ1) is 23.3. The van der Waals surface area contributed by atoms with Gasteiger partial charge in [0.05, 0.1) is 42.7 Å². The Hall–Kier alpha value is -5.36. The molecule has 0 saturated heterocycles. The number of ether oxygens (including phenoxy) is 5. The summed E-state index contributed by atoms with van der Waals surface area (Å²) in [4.78, 5) is 45.1. The summed E-state index contributed by atoms with van der Waals surface area (Å²) >= 11 is 1.20. The van der Waals surface area contributed by atoms with Crippen LogP contribution in [0.25, 0.3) is 6.08 Å². The van der Waals surface area contributed by atoms with Gasteiger partial charge >= 0.3 is 5.97 Å². The summed E-state index contributed by atoms with van der Waals surface area (Å²) in [6.07, 6.45) is 1.73. The topological polar surface area (TPSA) is 127 Å². The van der Waals surface area contributed by atoms with Crippen LogP contribution in [0, 0.1) is 0 Å². The number of hydrogen-bond acceptors (Lipinski definition) is 10. The predicted molar refractivity (Wildman–Crippen MR) is 183 cm³/mol. The van der Waals surface area contributed by atoms with Crippen LogP contribution in [0.3, 0.4) is 0 Å². The molecule has 0 aliphatic carbocycles. The van der Waals surface area contributed by atoms with Crippen molar-refractivity contribution in [1.82, 2.24) is 4.57 Å². The first kappa shape index (κ1) is 34.0. The van der Waals surface area contributed by atoms with Crippen molar-refractivity contribution >= 4 is 35.0 Å². The molecule has 12 heteroatoms. The van der Waals surface area contributed by atoms with Crippen molar-refractivity contribution in [3.63, 3.8) is 0 Å². The Morgan fingerprint density at radius 1 is 0.917 bits per heavy atom. The van der Waals surface area contributed by atoms with Gasteiger partial charge in [-0.2, -0.15) is 0 Å². The Morgan fingerprint density at radius 2 is 1.69 bits per heavy atom. The molecule has 0 radical (unpaired) electrons. The number of para-hydroxylation sites is 2. The van der Waals surface area contributed by atoms with Gasteiger partial charge in [-0.05, 0) is 69.7 Å². The maximum Gasteiger partial charge on any atom is 0.338 e. The summed E-state index contributed by atoms with van der Waals surface area (Å²) in [5.74, 6) is 0.810. The maximum absolute atomic E-state index is 14.2. The number of methoxy groups -OCH3 is 1. The Bertz CT molecular complexity index is 2020. The van der Waals surface area contributed by atoms with Crippen LogP contribution in [0.4, 0.5) is 5.69 Å². The van der Waals surface area contributed by atoms with E-state index in [1.807, 2.05) is 32.0 Å². The maximum atomic E-state index is 14.2. The molecule has 1 aliphatic heterocycles. The fourth-order valence-electron chi connectivity index (χ4n) is 5.31. The average Bonchev–Trinajstić information content (AvgIpc) is 3.38. The zero-order valence-corrected chi connectivity index (χ0v) is 28.2. The molecule has 0 fully saturated rings. The number of allylic oxidation sites excluding steroid dienone is 1. The third kappa shape index (κ3) is 7.28. The molecule has 48 heavy (non-hydrogen) atoms. The highest BCUT2D eigenvalue weighted by molar-refractivity contribution is 7.07. The fraction of sp³-hybridized carbons (Fsp3) is 0.278. The van der Waals surface area contributed by atoms with E-state index in [1.165, 1.54) is 23.0 Å². The number of carbonyl (C=O) groups is 2. The summed E-state index contributed by atoms with van der Waals surface area (Å²) in [7, 11) is 1.53. The van der Waals surface area contributed by atoms with E-state index in [1.54, 1.807) is 68.5 Å². The lowest BCUT2D eigenvalue weighted by atomic mass is 9.94. The van der Waals surface area contributed by atoms with Crippen molar-refractivity contribution in [3.8, 4) is 23.0 Å². The SMILES string of the molecule is CCOC(=O)C1=C(C)N=c2s/c(=C/c3ccc(OCC(=O)Nc4ccccc4)c(OCC)c3)c(=O)n2[C@@H]1c1cccc(OC)c1OCC. The van der Waals surface area contributed by atoms with Gasteiger partial charge in [-0.3, -0.25) is 14.2 Å². The minimum Gasteiger partial charge on any atom is -0.493 e. The number of aromatic nitrogens is 1. The lowest BCUT2D eigenvalue weighted by Gasteiger charge is -2.26. The second-order valence-electron chi connectivity index (χ2n) is 10.5. The number of hydrogen-bond donors (Lipinski definition) is 1. The first-order valence-electron chi connectivity index (χ1n) is 15.5. The number of esters is 1.